The first-order valence-electron chi connectivity index (χ1n) is 9.44. The van der Waals surface area contributed by atoms with Gasteiger partial charge >= 0.3 is 0 Å². The highest BCUT2D eigenvalue weighted by Gasteiger charge is 2.15. The van der Waals surface area contributed by atoms with Gasteiger partial charge in [-0.15, -0.1) is 0 Å². The number of carbonyl (C=O) groups is 1. The lowest BCUT2D eigenvalue weighted by molar-refractivity contribution is -0.112. The van der Waals surface area contributed by atoms with Crippen molar-refractivity contribution >= 4 is 64.1 Å². The predicted molar refractivity (Wildman–Crippen MR) is 132 cm³/mol. The Balaban J connectivity index is 1.78. The fraction of sp³-hybridized carbons (Fsp3) is 0.0833. The average Bonchev–Trinajstić information content (AvgIpc) is 2.80. The Bertz CT molecular complexity index is 1250. The Morgan fingerprint density at radius 3 is 2.33 bits per heavy atom. The third-order valence-corrected chi connectivity index (χ3v) is 5.81. The summed E-state index contributed by atoms with van der Waals surface area (Å²) in [6.45, 7) is 0.243. The van der Waals surface area contributed by atoms with Crippen molar-refractivity contribution in [2.45, 2.75) is 6.61 Å². The summed E-state index contributed by atoms with van der Waals surface area (Å²) in [6, 6.07) is 16.9. The molecule has 3 aromatic rings. The second-order valence-corrected chi connectivity index (χ2v) is 8.30. The van der Waals surface area contributed by atoms with Gasteiger partial charge in [-0.3, -0.25) is 4.79 Å². The number of methoxy groups -OCH3 is 1. The van der Waals surface area contributed by atoms with Gasteiger partial charge in [0.25, 0.3) is 5.91 Å². The molecule has 3 rings (SSSR count). The number of nitriles is 1. The lowest BCUT2D eigenvalue weighted by Crippen LogP contribution is -2.14. The highest BCUT2D eigenvalue weighted by Crippen LogP contribution is 2.32. The smallest absolute Gasteiger partial charge is 0.266 e. The van der Waals surface area contributed by atoms with Gasteiger partial charge in [-0.2, -0.15) is 5.26 Å². The van der Waals surface area contributed by atoms with Gasteiger partial charge in [-0.25, -0.2) is 0 Å². The van der Waals surface area contributed by atoms with Crippen molar-refractivity contribution in [3.8, 4) is 17.6 Å². The third kappa shape index (κ3) is 6.34. The summed E-state index contributed by atoms with van der Waals surface area (Å²) < 4.78 is 11.2. The number of benzene rings is 3. The molecule has 0 spiro atoms. The summed E-state index contributed by atoms with van der Waals surface area (Å²) in [4.78, 5) is 12.6. The van der Waals surface area contributed by atoms with E-state index in [1.807, 2.05) is 6.07 Å². The minimum absolute atomic E-state index is 0.141. The van der Waals surface area contributed by atoms with Crippen molar-refractivity contribution < 1.29 is 14.3 Å². The van der Waals surface area contributed by atoms with E-state index in [1.54, 1.807) is 54.6 Å². The van der Waals surface area contributed by atoms with Crippen LogP contribution in [0, 0.1) is 11.3 Å². The van der Waals surface area contributed by atoms with Crippen molar-refractivity contribution in [2.75, 3.05) is 12.4 Å². The minimum atomic E-state index is -0.647. The summed E-state index contributed by atoms with van der Waals surface area (Å²) >= 11 is 24.1. The number of rotatable bonds is 7. The van der Waals surface area contributed by atoms with Crippen molar-refractivity contribution in [3.63, 3.8) is 0 Å². The molecular weight excluding hydrogens is 506 g/mol. The minimum Gasteiger partial charge on any atom is -0.493 e. The van der Waals surface area contributed by atoms with Crippen LogP contribution in [0.25, 0.3) is 6.08 Å². The molecule has 0 aliphatic heterocycles. The molecular formula is C24H16Cl4N2O3. The molecule has 0 saturated carbocycles. The number of nitrogens with one attached hydrogen (secondary N) is 1. The molecule has 9 heteroatoms. The number of anilines is 1. The van der Waals surface area contributed by atoms with E-state index in [0.717, 1.165) is 5.56 Å². The summed E-state index contributed by atoms with van der Waals surface area (Å²) in [7, 11) is 1.49. The van der Waals surface area contributed by atoms with Crippen LogP contribution in [0.4, 0.5) is 5.69 Å². The van der Waals surface area contributed by atoms with Crippen molar-refractivity contribution in [2.24, 2.45) is 0 Å². The van der Waals surface area contributed by atoms with E-state index in [2.05, 4.69) is 5.32 Å². The number of nitrogens with zero attached hydrogens (tertiary/aromatic N) is 1. The van der Waals surface area contributed by atoms with Crippen LogP contribution in [0.1, 0.15) is 11.1 Å². The van der Waals surface area contributed by atoms with E-state index in [4.69, 9.17) is 55.9 Å². The third-order valence-electron chi connectivity index (χ3n) is 4.44. The van der Waals surface area contributed by atoms with Crippen molar-refractivity contribution in [1.29, 1.82) is 5.26 Å². The quantitative estimate of drug-likeness (QED) is 0.259. The Morgan fingerprint density at radius 1 is 0.970 bits per heavy atom. The van der Waals surface area contributed by atoms with Crippen LogP contribution in [0.3, 0.4) is 0 Å². The molecule has 0 aliphatic rings. The van der Waals surface area contributed by atoms with Crippen LogP contribution in [-0.4, -0.2) is 13.0 Å². The molecule has 33 heavy (non-hydrogen) atoms. The van der Waals surface area contributed by atoms with Crippen molar-refractivity contribution in [3.05, 3.63) is 91.4 Å². The van der Waals surface area contributed by atoms with Gasteiger partial charge in [-0.05, 0) is 53.6 Å². The number of ether oxygens (including phenoxy) is 2. The summed E-state index contributed by atoms with van der Waals surface area (Å²) in [5.41, 5.74) is 1.48. The van der Waals surface area contributed by atoms with Crippen LogP contribution in [0.5, 0.6) is 11.5 Å². The Labute approximate surface area is 211 Å². The Hall–Kier alpha value is -2.88. The highest BCUT2D eigenvalue weighted by molar-refractivity contribution is 6.42. The maximum atomic E-state index is 12.6. The zero-order valence-electron chi connectivity index (χ0n) is 17.2. The maximum absolute atomic E-state index is 12.6. The Kier molecular flexibility index (Phi) is 8.49. The fourth-order valence-corrected chi connectivity index (χ4v) is 3.61. The molecule has 0 aliphatic carbocycles. The number of halogens is 4. The van der Waals surface area contributed by atoms with Gasteiger partial charge in [0, 0.05) is 0 Å². The zero-order chi connectivity index (χ0) is 24.0. The number of hydrogen-bond donors (Lipinski definition) is 1. The lowest BCUT2D eigenvalue weighted by atomic mass is 10.1. The van der Waals surface area contributed by atoms with Crippen LogP contribution in [-0.2, 0) is 11.4 Å². The maximum Gasteiger partial charge on any atom is 0.266 e. The molecule has 0 aromatic heterocycles. The molecule has 0 unspecified atom stereocenters. The standard InChI is InChI=1S/C24H16Cl4N2O3/c1-32-22-11-14(6-8-21(22)33-13-15-5-7-17(25)20(28)10-15)9-16(12-29)24(31)30-23-18(26)3-2-4-19(23)27/h2-11H,13H2,1H3,(H,30,31)/b16-9+. The van der Waals surface area contributed by atoms with E-state index in [0.29, 0.717) is 27.1 Å². The lowest BCUT2D eigenvalue weighted by Gasteiger charge is -2.12. The van der Waals surface area contributed by atoms with Crippen LogP contribution in [0.2, 0.25) is 20.1 Å². The number of carbonyl (C=O) groups excluding carboxylic acids is 1. The predicted octanol–water partition coefficient (Wildman–Crippen LogP) is 7.43. The van der Waals surface area contributed by atoms with Crippen molar-refractivity contribution in [1.82, 2.24) is 0 Å². The van der Waals surface area contributed by atoms with Crippen LogP contribution >= 0.6 is 46.4 Å². The topological polar surface area (TPSA) is 71.3 Å². The molecule has 0 saturated heterocycles. The number of amides is 1. The highest BCUT2D eigenvalue weighted by atomic mass is 35.5. The van der Waals surface area contributed by atoms with Crippen LogP contribution < -0.4 is 14.8 Å². The van der Waals surface area contributed by atoms with E-state index >= 15 is 0 Å². The molecule has 0 radical (unpaired) electrons. The van der Waals surface area contributed by atoms with Gasteiger partial charge in [-0.1, -0.05) is 64.6 Å². The molecule has 0 fully saturated rings. The molecule has 5 nitrogen and oxygen atoms in total. The largest absolute Gasteiger partial charge is 0.493 e. The SMILES string of the molecule is COc1cc(/C=C(\C#N)C(=O)Nc2c(Cl)cccc2Cl)ccc1OCc1ccc(Cl)c(Cl)c1. The zero-order valence-corrected chi connectivity index (χ0v) is 20.2. The number of hydrogen-bond acceptors (Lipinski definition) is 4. The summed E-state index contributed by atoms with van der Waals surface area (Å²) in [5.74, 6) is 0.258. The number of para-hydroxylation sites is 1. The van der Waals surface area contributed by atoms with Gasteiger partial charge < -0.3 is 14.8 Å². The first kappa shape index (κ1) is 24.8. The van der Waals surface area contributed by atoms with Gasteiger partial charge in [0.05, 0.1) is 32.9 Å². The van der Waals surface area contributed by atoms with Gasteiger partial charge in [0.1, 0.15) is 18.2 Å². The first-order chi connectivity index (χ1) is 15.8. The molecule has 168 valence electrons. The molecule has 0 bridgehead atoms. The van der Waals surface area contributed by atoms with E-state index in [1.165, 1.54) is 13.2 Å². The summed E-state index contributed by atoms with van der Waals surface area (Å²) in [5, 5.41) is 13.5. The summed E-state index contributed by atoms with van der Waals surface area (Å²) in [6.07, 6.45) is 1.42. The molecule has 3 aromatic carbocycles. The first-order valence-corrected chi connectivity index (χ1v) is 11.0. The monoisotopic (exact) mass is 520 g/mol. The molecule has 1 N–H and O–H groups in total. The second kappa shape index (κ2) is 11.3. The van der Waals surface area contributed by atoms with Gasteiger partial charge in [0.2, 0.25) is 0 Å². The van der Waals surface area contributed by atoms with Crippen LogP contribution in [0.15, 0.2) is 60.2 Å². The van der Waals surface area contributed by atoms with E-state index < -0.39 is 5.91 Å². The molecule has 0 heterocycles. The second-order valence-electron chi connectivity index (χ2n) is 6.67. The Morgan fingerprint density at radius 2 is 1.70 bits per heavy atom. The average molecular weight is 522 g/mol. The normalized spacial score (nSPS) is 11.0. The fourth-order valence-electron chi connectivity index (χ4n) is 2.80. The molecule has 0 atom stereocenters. The van der Waals surface area contributed by atoms with E-state index in [9.17, 15) is 10.1 Å². The van der Waals surface area contributed by atoms with E-state index in [-0.39, 0.29) is 27.9 Å². The molecule has 1 amide bonds. The van der Waals surface area contributed by atoms with Gasteiger partial charge in [0.15, 0.2) is 11.5 Å².